The number of benzene rings is 3. The molecule has 0 aromatic heterocycles. The largest absolute Gasteiger partial charge is 0.253 e. The van der Waals surface area contributed by atoms with Crippen LogP contribution in [-0.2, 0) is 0 Å². The van der Waals surface area contributed by atoms with Crippen LogP contribution in [0.5, 0.6) is 0 Å². The first-order chi connectivity index (χ1) is 12.3. The zero-order valence-electron chi connectivity index (χ0n) is 14.2. The highest BCUT2D eigenvalue weighted by atomic mass is 15.5. The number of rotatable bonds is 3. The summed E-state index contributed by atoms with van der Waals surface area (Å²) in [6.45, 7) is 2.13. The van der Waals surface area contributed by atoms with Crippen molar-refractivity contribution in [3.63, 3.8) is 0 Å². The molecule has 0 saturated heterocycles. The second kappa shape index (κ2) is 6.78. The topological polar surface area (TPSA) is 15.6 Å². The fourth-order valence-corrected chi connectivity index (χ4v) is 3.17. The van der Waals surface area contributed by atoms with E-state index < -0.39 is 0 Å². The summed E-state index contributed by atoms with van der Waals surface area (Å²) in [4.78, 5) is 0. The molecule has 0 N–H and O–H groups in total. The van der Waals surface area contributed by atoms with Gasteiger partial charge < -0.3 is 0 Å². The van der Waals surface area contributed by atoms with Gasteiger partial charge in [0.2, 0.25) is 0 Å². The second-order valence-corrected chi connectivity index (χ2v) is 6.20. The van der Waals surface area contributed by atoms with E-state index in [2.05, 4.69) is 84.7 Å². The molecule has 1 aliphatic heterocycles. The van der Waals surface area contributed by atoms with E-state index in [0.29, 0.717) is 0 Å². The van der Waals surface area contributed by atoms with Crippen LogP contribution < -0.4 is 5.01 Å². The monoisotopic (exact) mass is 324 g/mol. The molecule has 2 heteroatoms. The summed E-state index contributed by atoms with van der Waals surface area (Å²) in [5, 5.41) is 7.14. The van der Waals surface area contributed by atoms with Crippen LogP contribution in [0.15, 0.2) is 102 Å². The number of para-hydroxylation sites is 1. The Morgan fingerprint density at radius 2 is 1.40 bits per heavy atom. The third-order valence-corrected chi connectivity index (χ3v) is 4.49. The van der Waals surface area contributed by atoms with Gasteiger partial charge in [-0.3, -0.25) is 5.01 Å². The standard InChI is InChI=1S/C23H20N2/c1-18-10-8-9-15-22(18)25-23(20-13-6-3-7-14-20)17-16-21(24-25)19-11-4-2-5-12-19/h2-17,23H,1H3. The Labute approximate surface area is 148 Å². The van der Waals surface area contributed by atoms with Crippen molar-refractivity contribution < 1.29 is 0 Å². The summed E-state index contributed by atoms with van der Waals surface area (Å²) in [6, 6.07) is 29.3. The molecule has 4 rings (SSSR count). The van der Waals surface area contributed by atoms with E-state index in [1.165, 1.54) is 11.1 Å². The maximum atomic E-state index is 5.00. The van der Waals surface area contributed by atoms with Crippen molar-refractivity contribution in [2.24, 2.45) is 5.10 Å². The molecule has 0 bridgehead atoms. The molecule has 1 unspecified atom stereocenters. The Morgan fingerprint density at radius 1 is 0.760 bits per heavy atom. The van der Waals surface area contributed by atoms with Crippen LogP contribution in [0.1, 0.15) is 22.7 Å². The van der Waals surface area contributed by atoms with Crippen molar-refractivity contribution in [1.82, 2.24) is 0 Å². The average Bonchev–Trinajstić information content (AvgIpc) is 2.69. The molecule has 1 atom stereocenters. The summed E-state index contributed by atoms with van der Waals surface area (Å²) < 4.78 is 0. The third kappa shape index (κ3) is 3.11. The lowest BCUT2D eigenvalue weighted by Gasteiger charge is -2.32. The Morgan fingerprint density at radius 3 is 2.12 bits per heavy atom. The lowest BCUT2D eigenvalue weighted by Crippen LogP contribution is -2.27. The average molecular weight is 324 g/mol. The second-order valence-electron chi connectivity index (χ2n) is 6.20. The van der Waals surface area contributed by atoms with Crippen molar-refractivity contribution in [3.05, 3.63) is 114 Å². The number of anilines is 1. The number of hydrazone groups is 1. The van der Waals surface area contributed by atoms with Crippen molar-refractivity contribution in [2.75, 3.05) is 5.01 Å². The Bertz CT molecular complexity index is 911. The van der Waals surface area contributed by atoms with Gasteiger partial charge in [-0.15, -0.1) is 0 Å². The van der Waals surface area contributed by atoms with Gasteiger partial charge in [0, 0.05) is 5.56 Å². The van der Waals surface area contributed by atoms with Crippen molar-refractivity contribution >= 4 is 11.4 Å². The summed E-state index contributed by atoms with van der Waals surface area (Å²) in [6.07, 6.45) is 4.36. The van der Waals surface area contributed by atoms with Gasteiger partial charge in [0.15, 0.2) is 0 Å². The minimum atomic E-state index is 0.0924. The van der Waals surface area contributed by atoms with Gasteiger partial charge in [-0.25, -0.2) is 0 Å². The molecule has 3 aromatic rings. The highest BCUT2D eigenvalue weighted by molar-refractivity contribution is 6.09. The fourth-order valence-electron chi connectivity index (χ4n) is 3.17. The predicted molar refractivity (Wildman–Crippen MR) is 105 cm³/mol. The van der Waals surface area contributed by atoms with Gasteiger partial charge in [0.25, 0.3) is 0 Å². The molecule has 0 aliphatic carbocycles. The number of allylic oxidation sites excluding steroid dienone is 1. The molecule has 3 aromatic carbocycles. The summed E-state index contributed by atoms with van der Waals surface area (Å²) in [5.41, 5.74) is 5.70. The minimum Gasteiger partial charge on any atom is -0.253 e. The molecule has 0 radical (unpaired) electrons. The molecule has 0 spiro atoms. The predicted octanol–water partition coefficient (Wildman–Crippen LogP) is 5.52. The van der Waals surface area contributed by atoms with Crippen LogP contribution in [0.2, 0.25) is 0 Å². The first kappa shape index (κ1) is 15.4. The maximum Gasteiger partial charge on any atom is 0.0960 e. The molecule has 0 fully saturated rings. The van der Waals surface area contributed by atoms with Crippen LogP contribution in [0.25, 0.3) is 0 Å². The van der Waals surface area contributed by atoms with Gasteiger partial charge in [0.1, 0.15) is 0 Å². The van der Waals surface area contributed by atoms with Gasteiger partial charge in [0.05, 0.1) is 17.4 Å². The van der Waals surface area contributed by atoms with Gasteiger partial charge in [-0.1, -0.05) is 84.9 Å². The van der Waals surface area contributed by atoms with Crippen LogP contribution >= 0.6 is 0 Å². The summed E-state index contributed by atoms with van der Waals surface area (Å²) in [7, 11) is 0. The Hall–Kier alpha value is -3.13. The van der Waals surface area contributed by atoms with Gasteiger partial charge in [-0.2, -0.15) is 5.10 Å². The van der Waals surface area contributed by atoms with E-state index in [-0.39, 0.29) is 6.04 Å². The molecular formula is C23H20N2. The first-order valence-corrected chi connectivity index (χ1v) is 8.55. The molecule has 25 heavy (non-hydrogen) atoms. The fraction of sp³-hybridized carbons (Fsp3) is 0.0870. The lowest BCUT2D eigenvalue weighted by molar-refractivity contribution is 0.750. The molecule has 122 valence electrons. The molecule has 0 amide bonds. The van der Waals surface area contributed by atoms with E-state index >= 15 is 0 Å². The smallest absolute Gasteiger partial charge is 0.0960 e. The minimum absolute atomic E-state index is 0.0924. The van der Waals surface area contributed by atoms with E-state index in [1.54, 1.807) is 0 Å². The maximum absolute atomic E-state index is 5.00. The van der Waals surface area contributed by atoms with Crippen LogP contribution in [0.4, 0.5) is 5.69 Å². The number of aryl methyl sites for hydroxylation is 1. The van der Waals surface area contributed by atoms with E-state index in [4.69, 9.17) is 5.10 Å². The van der Waals surface area contributed by atoms with Crippen LogP contribution in [0, 0.1) is 6.92 Å². The van der Waals surface area contributed by atoms with Gasteiger partial charge in [-0.05, 0) is 30.2 Å². The summed E-state index contributed by atoms with van der Waals surface area (Å²) >= 11 is 0. The molecular weight excluding hydrogens is 304 g/mol. The van der Waals surface area contributed by atoms with Gasteiger partial charge >= 0.3 is 0 Å². The lowest BCUT2D eigenvalue weighted by atomic mass is 10.0. The molecule has 0 saturated carbocycles. The normalized spacial score (nSPS) is 16.6. The Kier molecular flexibility index (Phi) is 4.17. The molecule has 1 aliphatic rings. The van der Waals surface area contributed by atoms with E-state index in [1.807, 2.05) is 24.3 Å². The number of hydrogen-bond acceptors (Lipinski definition) is 2. The zero-order valence-corrected chi connectivity index (χ0v) is 14.2. The van der Waals surface area contributed by atoms with Crippen molar-refractivity contribution in [1.29, 1.82) is 0 Å². The van der Waals surface area contributed by atoms with Crippen LogP contribution in [0.3, 0.4) is 0 Å². The number of nitrogens with zero attached hydrogens (tertiary/aromatic N) is 2. The SMILES string of the molecule is Cc1ccccc1N1N=C(c2ccccc2)C=CC1c1ccccc1. The highest BCUT2D eigenvalue weighted by Crippen LogP contribution is 2.33. The summed E-state index contributed by atoms with van der Waals surface area (Å²) in [5.74, 6) is 0. The zero-order chi connectivity index (χ0) is 17.1. The third-order valence-electron chi connectivity index (χ3n) is 4.49. The van der Waals surface area contributed by atoms with Crippen LogP contribution in [-0.4, -0.2) is 5.71 Å². The Balaban J connectivity index is 1.81. The first-order valence-electron chi connectivity index (χ1n) is 8.55. The van der Waals surface area contributed by atoms with Crippen molar-refractivity contribution in [3.8, 4) is 0 Å². The molecule has 2 nitrogen and oxygen atoms in total. The van der Waals surface area contributed by atoms with E-state index in [0.717, 1.165) is 17.0 Å². The number of hydrogen-bond donors (Lipinski definition) is 0. The van der Waals surface area contributed by atoms with Crippen molar-refractivity contribution in [2.45, 2.75) is 13.0 Å². The molecule has 1 heterocycles. The van der Waals surface area contributed by atoms with E-state index in [9.17, 15) is 0 Å². The highest BCUT2D eigenvalue weighted by Gasteiger charge is 2.23. The quantitative estimate of drug-likeness (QED) is 0.619.